The fraction of sp³-hybridized carbons (Fsp3) is 0.609. The fourth-order valence-corrected chi connectivity index (χ4v) is 5.63. The number of carbonyl (C=O) groups is 3. The molecule has 8 heteroatoms. The van der Waals surface area contributed by atoms with Gasteiger partial charge in [0.15, 0.2) is 11.5 Å². The standard InChI is InChI=1S/C23H29N3O5/c1-23(12-15-8-9-18-19(11-15)31-14-30-18)21(28)26(22(29)24-23)13-20(27)25-10-4-6-16-5-2-3-7-17(16)25/h8-9,11,16-17H,2-7,10,12-14H2,1H3,(H,24,29)/t16-,17+,23+/m1/s1. The molecule has 1 aliphatic carbocycles. The van der Waals surface area contributed by atoms with E-state index >= 15 is 0 Å². The predicted octanol–water partition coefficient (Wildman–Crippen LogP) is 2.45. The molecule has 166 valence electrons. The molecule has 3 fully saturated rings. The van der Waals surface area contributed by atoms with Crippen molar-refractivity contribution in [3.05, 3.63) is 23.8 Å². The van der Waals surface area contributed by atoms with Gasteiger partial charge in [-0.2, -0.15) is 0 Å². The van der Waals surface area contributed by atoms with Crippen LogP contribution in [0.25, 0.3) is 0 Å². The van der Waals surface area contributed by atoms with Crippen LogP contribution in [0.15, 0.2) is 18.2 Å². The van der Waals surface area contributed by atoms with Crippen LogP contribution in [-0.4, -0.2) is 59.1 Å². The van der Waals surface area contributed by atoms with Gasteiger partial charge in [-0.15, -0.1) is 0 Å². The number of nitrogens with one attached hydrogen (secondary N) is 1. The fourth-order valence-electron chi connectivity index (χ4n) is 5.63. The highest BCUT2D eigenvalue weighted by molar-refractivity contribution is 6.09. The number of imide groups is 1. The van der Waals surface area contributed by atoms with Gasteiger partial charge >= 0.3 is 6.03 Å². The number of urea groups is 1. The Morgan fingerprint density at radius 2 is 1.90 bits per heavy atom. The van der Waals surface area contributed by atoms with Crippen molar-refractivity contribution < 1.29 is 23.9 Å². The van der Waals surface area contributed by atoms with Gasteiger partial charge in [0.05, 0.1) is 0 Å². The summed E-state index contributed by atoms with van der Waals surface area (Å²) in [5, 5.41) is 2.81. The Labute approximate surface area is 181 Å². The Hall–Kier alpha value is -2.77. The van der Waals surface area contributed by atoms with Crippen molar-refractivity contribution in [3.63, 3.8) is 0 Å². The lowest BCUT2D eigenvalue weighted by molar-refractivity contribution is -0.142. The first-order valence-electron chi connectivity index (χ1n) is 11.3. The third-order valence-corrected chi connectivity index (χ3v) is 7.20. The zero-order chi connectivity index (χ0) is 21.6. The smallest absolute Gasteiger partial charge is 0.325 e. The minimum Gasteiger partial charge on any atom is -0.454 e. The first-order valence-corrected chi connectivity index (χ1v) is 11.3. The van der Waals surface area contributed by atoms with E-state index < -0.39 is 11.6 Å². The maximum Gasteiger partial charge on any atom is 0.325 e. The zero-order valence-corrected chi connectivity index (χ0v) is 17.9. The van der Waals surface area contributed by atoms with Gasteiger partial charge in [0.25, 0.3) is 5.91 Å². The Bertz CT molecular complexity index is 916. The van der Waals surface area contributed by atoms with E-state index in [2.05, 4.69) is 5.32 Å². The highest BCUT2D eigenvalue weighted by atomic mass is 16.7. The van der Waals surface area contributed by atoms with Gasteiger partial charge in [-0.1, -0.05) is 18.9 Å². The van der Waals surface area contributed by atoms with Crippen molar-refractivity contribution in [1.82, 2.24) is 15.1 Å². The molecular weight excluding hydrogens is 398 g/mol. The van der Waals surface area contributed by atoms with E-state index in [1.807, 2.05) is 17.0 Å². The van der Waals surface area contributed by atoms with Crippen LogP contribution in [0.5, 0.6) is 11.5 Å². The topological polar surface area (TPSA) is 88.2 Å². The first-order chi connectivity index (χ1) is 14.9. The Morgan fingerprint density at radius 3 is 2.77 bits per heavy atom. The molecule has 3 atom stereocenters. The van der Waals surface area contributed by atoms with E-state index in [4.69, 9.17) is 9.47 Å². The number of ether oxygens (including phenoxy) is 2. The highest BCUT2D eigenvalue weighted by Gasteiger charge is 2.49. The second-order valence-corrected chi connectivity index (χ2v) is 9.36. The van der Waals surface area contributed by atoms with Crippen molar-refractivity contribution >= 4 is 17.8 Å². The molecule has 1 aromatic rings. The maximum atomic E-state index is 13.2. The molecule has 0 spiro atoms. The Morgan fingerprint density at radius 1 is 1.13 bits per heavy atom. The van der Waals surface area contributed by atoms with Crippen molar-refractivity contribution in [1.29, 1.82) is 0 Å². The van der Waals surface area contributed by atoms with E-state index in [1.54, 1.807) is 13.0 Å². The molecule has 0 unspecified atom stereocenters. The number of benzene rings is 1. The van der Waals surface area contributed by atoms with Gasteiger partial charge in [0.2, 0.25) is 12.7 Å². The van der Waals surface area contributed by atoms with Gasteiger partial charge in [-0.25, -0.2) is 4.79 Å². The first kappa shape index (κ1) is 20.2. The number of amides is 4. The van der Waals surface area contributed by atoms with Crippen LogP contribution in [0.2, 0.25) is 0 Å². The van der Waals surface area contributed by atoms with Gasteiger partial charge in [-0.05, 0) is 56.2 Å². The summed E-state index contributed by atoms with van der Waals surface area (Å²) in [5.74, 6) is 1.39. The molecule has 4 amide bonds. The monoisotopic (exact) mass is 427 g/mol. The number of nitrogens with zero attached hydrogens (tertiary/aromatic N) is 2. The van der Waals surface area contributed by atoms with Crippen molar-refractivity contribution in [2.24, 2.45) is 5.92 Å². The van der Waals surface area contributed by atoms with Crippen LogP contribution >= 0.6 is 0 Å². The third-order valence-electron chi connectivity index (χ3n) is 7.20. The number of rotatable bonds is 4. The van der Waals surface area contributed by atoms with E-state index in [0.29, 0.717) is 23.8 Å². The SMILES string of the molecule is C[C@@]1(Cc2ccc3c(c2)OCO3)NC(=O)N(CC(=O)N2CCC[C@H]3CCCC[C@@H]32)C1=O. The molecule has 0 aromatic heterocycles. The van der Waals surface area contributed by atoms with Crippen LogP contribution in [0.1, 0.15) is 51.0 Å². The summed E-state index contributed by atoms with van der Waals surface area (Å²) in [6, 6.07) is 5.26. The van der Waals surface area contributed by atoms with Gasteiger partial charge in [0.1, 0.15) is 12.1 Å². The number of hydrogen-bond acceptors (Lipinski definition) is 5. The lowest BCUT2D eigenvalue weighted by Gasteiger charge is -2.44. The molecule has 4 aliphatic rings. The molecule has 1 saturated carbocycles. The highest BCUT2D eigenvalue weighted by Crippen LogP contribution is 2.36. The predicted molar refractivity (Wildman–Crippen MR) is 112 cm³/mol. The molecule has 0 bridgehead atoms. The van der Waals surface area contributed by atoms with Crippen LogP contribution in [-0.2, 0) is 16.0 Å². The van der Waals surface area contributed by atoms with Gasteiger partial charge in [0, 0.05) is 19.0 Å². The summed E-state index contributed by atoms with van der Waals surface area (Å²) in [7, 11) is 0. The summed E-state index contributed by atoms with van der Waals surface area (Å²) in [5.41, 5.74) is -0.241. The average molecular weight is 428 g/mol. The second-order valence-electron chi connectivity index (χ2n) is 9.36. The van der Waals surface area contributed by atoms with Crippen molar-refractivity contribution in [3.8, 4) is 11.5 Å². The molecule has 5 rings (SSSR count). The quantitative estimate of drug-likeness (QED) is 0.746. The summed E-state index contributed by atoms with van der Waals surface area (Å²) in [6.45, 7) is 2.42. The maximum absolute atomic E-state index is 13.2. The molecule has 3 heterocycles. The van der Waals surface area contributed by atoms with E-state index in [-0.39, 0.29) is 31.2 Å². The molecule has 8 nitrogen and oxygen atoms in total. The molecule has 0 radical (unpaired) electrons. The molecule has 3 aliphatic heterocycles. The largest absolute Gasteiger partial charge is 0.454 e. The molecule has 1 N–H and O–H groups in total. The van der Waals surface area contributed by atoms with Gasteiger partial charge < -0.3 is 19.7 Å². The number of likely N-dealkylation sites (tertiary alicyclic amines) is 1. The Kier molecular flexibility index (Phi) is 5.02. The minimum absolute atomic E-state index is 0.118. The molecule has 31 heavy (non-hydrogen) atoms. The minimum atomic E-state index is -1.10. The zero-order valence-electron chi connectivity index (χ0n) is 17.9. The van der Waals surface area contributed by atoms with E-state index in [9.17, 15) is 14.4 Å². The summed E-state index contributed by atoms with van der Waals surface area (Å²) < 4.78 is 10.7. The number of carbonyl (C=O) groups excluding carboxylic acids is 3. The summed E-state index contributed by atoms with van der Waals surface area (Å²) in [4.78, 5) is 42.0. The van der Waals surface area contributed by atoms with E-state index in [0.717, 1.165) is 36.3 Å². The lowest BCUT2D eigenvalue weighted by Crippen LogP contribution is -2.53. The Balaban J connectivity index is 1.28. The number of piperidine rings is 1. The molecule has 2 saturated heterocycles. The third kappa shape index (κ3) is 3.62. The second kappa shape index (κ2) is 7.73. The normalized spacial score (nSPS) is 29.7. The summed E-state index contributed by atoms with van der Waals surface area (Å²) >= 11 is 0. The van der Waals surface area contributed by atoms with E-state index in [1.165, 1.54) is 19.3 Å². The molecule has 1 aromatic carbocycles. The lowest BCUT2D eigenvalue weighted by atomic mass is 9.78. The van der Waals surface area contributed by atoms with Crippen molar-refractivity contribution in [2.75, 3.05) is 19.9 Å². The summed E-state index contributed by atoms with van der Waals surface area (Å²) in [6.07, 6.45) is 7.05. The van der Waals surface area contributed by atoms with Crippen LogP contribution < -0.4 is 14.8 Å². The van der Waals surface area contributed by atoms with Crippen LogP contribution in [0, 0.1) is 5.92 Å². The number of hydrogen-bond donors (Lipinski definition) is 1. The van der Waals surface area contributed by atoms with Crippen LogP contribution in [0.3, 0.4) is 0 Å². The van der Waals surface area contributed by atoms with Crippen molar-refractivity contribution in [2.45, 2.75) is 63.5 Å². The van der Waals surface area contributed by atoms with Crippen LogP contribution in [0.4, 0.5) is 4.79 Å². The molecular formula is C23H29N3O5. The number of fused-ring (bicyclic) bond motifs is 2. The van der Waals surface area contributed by atoms with Gasteiger partial charge in [-0.3, -0.25) is 14.5 Å². The average Bonchev–Trinajstić information content (AvgIpc) is 3.31.